The molecule has 0 spiro atoms. The molecule has 118 valence electrons. The van der Waals surface area contributed by atoms with E-state index < -0.39 is 11.8 Å². The van der Waals surface area contributed by atoms with Crippen LogP contribution < -0.4 is 5.32 Å². The van der Waals surface area contributed by atoms with Crippen LogP contribution in [0.1, 0.15) is 31.0 Å². The van der Waals surface area contributed by atoms with Crippen LogP contribution in [0.2, 0.25) is 5.02 Å². The lowest BCUT2D eigenvalue weighted by molar-refractivity contribution is -0.0420. The van der Waals surface area contributed by atoms with Gasteiger partial charge in [0.05, 0.1) is 24.2 Å². The monoisotopic (exact) mass is 323 g/mol. The number of benzene rings is 1. The Bertz CT molecular complexity index is 645. The van der Waals surface area contributed by atoms with Gasteiger partial charge in [-0.15, -0.1) is 0 Å². The number of nitrogens with zero attached hydrogens (tertiary/aromatic N) is 2. The summed E-state index contributed by atoms with van der Waals surface area (Å²) in [6.07, 6.45) is -1.000. The third-order valence-electron chi connectivity index (χ3n) is 4.00. The summed E-state index contributed by atoms with van der Waals surface area (Å²) in [5, 5.41) is 13.3. The number of halogens is 1. The van der Waals surface area contributed by atoms with Crippen LogP contribution >= 0.6 is 11.6 Å². The van der Waals surface area contributed by atoms with E-state index in [9.17, 15) is 9.90 Å². The van der Waals surface area contributed by atoms with Crippen LogP contribution in [0, 0.1) is 0 Å². The van der Waals surface area contributed by atoms with Crippen LogP contribution in [0.15, 0.2) is 23.2 Å². The molecule has 0 bridgehead atoms. The standard InChI is InChI=1S/C15H18ClN3O3/c1-15(2)19(14(20)21)12(8-22-15)9-3-4-11(16)10(7-9)13-17-5-6-18-13/h3-4,7,12H,5-6,8H2,1-2H3,(H,17,18)(H,20,21)/t12-/m1/s1. The Balaban J connectivity index is 1.98. The third-order valence-corrected chi connectivity index (χ3v) is 4.33. The van der Waals surface area contributed by atoms with E-state index in [0.29, 0.717) is 11.6 Å². The van der Waals surface area contributed by atoms with Crippen LogP contribution in [-0.2, 0) is 4.74 Å². The van der Waals surface area contributed by atoms with Crippen molar-refractivity contribution in [3.8, 4) is 0 Å². The summed E-state index contributed by atoms with van der Waals surface area (Å²) < 4.78 is 5.64. The van der Waals surface area contributed by atoms with Crippen molar-refractivity contribution in [3.63, 3.8) is 0 Å². The lowest BCUT2D eigenvalue weighted by Gasteiger charge is -2.31. The second kappa shape index (κ2) is 5.44. The predicted octanol–water partition coefficient (Wildman–Crippen LogP) is 2.48. The largest absolute Gasteiger partial charge is 0.465 e. The van der Waals surface area contributed by atoms with Gasteiger partial charge >= 0.3 is 6.09 Å². The van der Waals surface area contributed by atoms with Gasteiger partial charge in [0, 0.05) is 12.1 Å². The molecule has 1 fully saturated rings. The molecule has 2 aliphatic heterocycles. The molecule has 0 radical (unpaired) electrons. The van der Waals surface area contributed by atoms with Crippen molar-refractivity contribution in [2.45, 2.75) is 25.6 Å². The van der Waals surface area contributed by atoms with Gasteiger partial charge in [-0.25, -0.2) is 4.79 Å². The second-order valence-corrected chi connectivity index (χ2v) is 6.23. The average molecular weight is 324 g/mol. The van der Waals surface area contributed by atoms with E-state index in [1.54, 1.807) is 19.9 Å². The molecule has 1 amide bonds. The number of amides is 1. The van der Waals surface area contributed by atoms with Gasteiger partial charge in [-0.05, 0) is 31.5 Å². The number of nitrogens with one attached hydrogen (secondary N) is 1. The number of aliphatic imine (C=N–C) groups is 1. The van der Waals surface area contributed by atoms with Gasteiger partial charge in [-0.1, -0.05) is 17.7 Å². The SMILES string of the molecule is CC1(C)OC[C@H](c2ccc(Cl)c(C3=NCCN3)c2)N1C(=O)O. The lowest BCUT2D eigenvalue weighted by atomic mass is 10.0. The molecule has 7 heteroatoms. The number of carbonyl (C=O) groups is 1. The maximum Gasteiger partial charge on any atom is 0.410 e. The zero-order valence-corrected chi connectivity index (χ0v) is 13.2. The third kappa shape index (κ3) is 2.53. The van der Waals surface area contributed by atoms with Crippen LogP contribution in [0.3, 0.4) is 0 Å². The fourth-order valence-electron chi connectivity index (χ4n) is 2.92. The zero-order valence-electron chi connectivity index (χ0n) is 12.5. The van der Waals surface area contributed by atoms with Crippen molar-refractivity contribution >= 4 is 23.5 Å². The van der Waals surface area contributed by atoms with Gasteiger partial charge in [-0.3, -0.25) is 9.89 Å². The van der Waals surface area contributed by atoms with Crippen molar-refractivity contribution < 1.29 is 14.6 Å². The second-order valence-electron chi connectivity index (χ2n) is 5.82. The highest BCUT2D eigenvalue weighted by Gasteiger charge is 2.44. The molecule has 1 aromatic rings. The van der Waals surface area contributed by atoms with Crippen molar-refractivity contribution in [1.82, 2.24) is 10.2 Å². The van der Waals surface area contributed by atoms with Crippen molar-refractivity contribution in [3.05, 3.63) is 34.3 Å². The summed E-state index contributed by atoms with van der Waals surface area (Å²) in [6, 6.07) is 5.16. The highest BCUT2D eigenvalue weighted by atomic mass is 35.5. The van der Waals surface area contributed by atoms with Gasteiger partial charge in [0.15, 0.2) is 0 Å². The molecule has 22 heavy (non-hydrogen) atoms. The van der Waals surface area contributed by atoms with Gasteiger partial charge in [-0.2, -0.15) is 0 Å². The van der Waals surface area contributed by atoms with E-state index >= 15 is 0 Å². The van der Waals surface area contributed by atoms with Gasteiger partial charge in [0.25, 0.3) is 0 Å². The number of hydrogen-bond donors (Lipinski definition) is 2. The summed E-state index contributed by atoms with van der Waals surface area (Å²) in [5.41, 5.74) is 0.801. The minimum absolute atomic E-state index is 0.320. The zero-order chi connectivity index (χ0) is 15.9. The normalized spacial score (nSPS) is 23.3. The number of rotatable bonds is 2. The minimum atomic E-state index is -1.000. The Morgan fingerprint density at radius 1 is 1.55 bits per heavy atom. The van der Waals surface area contributed by atoms with Gasteiger partial charge in [0.2, 0.25) is 0 Å². The Labute approximate surface area is 133 Å². The lowest BCUT2D eigenvalue weighted by Crippen LogP contribution is -2.44. The first kappa shape index (κ1) is 15.1. The first-order valence-corrected chi connectivity index (χ1v) is 7.52. The summed E-state index contributed by atoms with van der Waals surface area (Å²) >= 11 is 6.26. The van der Waals surface area contributed by atoms with E-state index in [1.807, 2.05) is 12.1 Å². The molecule has 2 N–H and O–H groups in total. The van der Waals surface area contributed by atoms with Crippen LogP contribution in [0.5, 0.6) is 0 Å². The Kier molecular flexibility index (Phi) is 3.74. The Morgan fingerprint density at radius 3 is 2.95 bits per heavy atom. The fourth-order valence-corrected chi connectivity index (χ4v) is 3.13. The predicted molar refractivity (Wildman–Crippen MR) is 83.5 cm³/mol. The maximum absolute atomic E-state index is 11.6. The van der Waals surface area contributed by atoms with Crippen molar-refractivity contribution in [2.75, 3.05) is 19.7 Å². The number of hydrogen-bond acceptors (Lipinski definition) is 4. The molecule has 1 atom stereocenters. The van der Waals surface area contributed by atoms with Crippen molar-refractivity contribution in [2.24, 2.45) is 4.99 Å². The van der Waals surface area contributed by atoms with Crippen LogP contribution in [0.25, 0.3) is 0 Å². The molecular formula is C15H18ClN3O3. The summed E-state index contributed by atoms with van der Waals surface area (Å²) in [4.78, 5) is 17.3. The van der Waals surface area contributed by atoms with E-state index in [4.69, 9.17) is 16.3 Å². The molecule has 3 rings (SSSR count). The molecule has 0 aromatic heterocycles. The fraction of sp³-hybridized carbons (Fsp3) is 0.467. The molecule has 2 aliphatic rings. The number of carboxylic acid groups (broad SMARTS) is 1. The first-order chi connectivity index (χ1) is 10.4. The molecule has 0 saturated carbocycles. The van der Waals surface area contributed by atoms with Gasteiger partial charge in [0.1, 0.15) is 11.6 Å². The molecule has 0 unspecified atom stereocenters. The van der Waals surface area contributed by atoms with Crippen molar-refractivity contribution in [1.29, 1.82) is 0 Å². The smallest absolute Gasteiger partial charge is 0.410 e. The summed E-state index contributed by atoms with van der Waals surface area (Å²) in [6.45, 7) is 5.33. The number of ether oxygens (including phenoxy) is 1. The Hall–Kier alpha value is -1.79. The highest BCUT2D eigenvalue weighted by molar-refractivity contribution is 6.34. The Morgan fingerprint density at radius 2 is 2.32 bits per heavy atom. The quantitative estimate of drug-likeness (QED) is 0.877. The van der Waals surface area contributed by atoms with Crippen LogP contribution in [-0.4, -0.2) is 47.4 Å². The van der Waals surface area contributed by atoms with E-state index in [2.05, 4.69) is 10.3 Å². The molecule has 1 saturated heterocycles. The van der Waals surface area contributed by atoms with E-state index in [-0.39, 0.29) is 6.04 Å². The molecule has 2 heterocycles. The highest BCUT2D eigenvalue weighted by Crippen LogP contribution is 2.37. The topological polar surface area (TPSA) is 74.2 Å². The van der Waals surface area contributed by atoms with E-state index in [0.717, 1.165) is 30.1 Å². The first-order valence-electron chi connectivity index (χ1n) is 7.14. The summed E-state index contributed by atoms with van der Waals surface area (Å²) in [7, 11) is 0. The maximum atomic E-state index is 11.6. The minimum Gasteiger partial charge on any atom is -0.465 e. The molecule has 0 aliphatic carbocycles. The van der Waals surface area contributed by atoms with Crippen LogP contribution in [0.4, 0.5) is 4.79 Å². The summed E-state index contributed by atoms with van der Waals surface area (Å²) in [5.74, 6) is 0.756. The molecule has 6 nitrogen and oxygen atoms in total. The van der Waals surface area contributed by atoms with E-state index in [1.165, 1.54) is 4.90 Å². The molecule has 1 aromatic carbocycles. The van der Waals surface area contributed by atoms with Gasteiger partial charge < -0.3 is 15.2 Å². The average Bonchev–Trinajstić information content (AvgIpc) is 3.06. The molecular weight excluding hydrogens is 306 g/mol. The number of amidine groups is 1.